The summed E-state index contributed by atoms with van der Waals surface area (Å²) in [5.74, 6) is 0.842. The number of methoxy groups -OCH3 is 1. The molecule has 1 aromatic heterocycles. The molecule has 0 aliphatic carbocycles. The number of likely N-dealkylation sites (N-methyl/N-ethyl adjacent to an activating group) is 1. The number of ether oxygens (including phenoxy) is 1. The molecule has 0 amide bonds. The van der Waals surface area contributed by atoms with Gasteiger partial charge in [-0.2, -0.15) is 0 Å². The monoisotopic (exact) mass is 224 g/mol. The molecular weight excluding hydrogens is 204 g/mol. The molecule has 0 radical (unpaired) electrons. The van der Waals surface area contributed by atoms with Crippen molar-refractivity contribution in [2.45, 2.75) is 19.9 Å². The first-order valence-electron chi connectivity index (χ1n) is 5.30. The standard InChI is InChI=1S/C11H20N4O/c1-8-9(2)14-11(5-13-8)15(3)6-10(12)7-16-4/h5,10H,6-7,12H2,1-4H3. The van der Waals surface area contributed by atoms with Crippen LogP contribution in [0.2, 0.25) is 0 Å². The molecule has 0 bridgehead atoms. The Morgan fingerprint density at radius 1 is 1.44 bits per heavy atom. The van der Waals surface area contributed by atoms with E-state index in [9.17, 15) is 0 Å². The van der Waals surface area contributed by atoms with Crippen molar-refractivity contribution in [3.63, 3.8) is 0 Å². The molecule has 1 aromatic rings. The third kappa shape index (κ3) is 3.43. The maximum atomic E-state index is 5.88. The van der Waals surface area contributed by atoms with E-state index in [1.807, 2.05) is 25.8 Å². The van der Waals surface area contributed by atoms with Gasteiger partial charge < -0.3 is 15.4 Å². The van der Waals surface area contributed by atoms with Crippen molar-refractivity contribution >= 4 is 5.82 Å². The van der Waals surface area contributed by atoms with Crippen molar-refractivity contribution < 1.29 is 4.74 Å². The molecule has 0 fully saturated rings. The highest BCUT2D eigenvalue weighted by molar-refractivity contribution is 5.36. The van der Waals surface area contributed by atoms with Crippen LogP contribution in [0.5, 0.6) is 0 Å². The van der Waals surface area contributed by atoms with Gasteiger partial charge in [0.2, 0.25) is 0 Å². The molecule has 5 heteroatoms. The number of hydrogen-bond donors (Lipinski definition) is 1. The Kier molecular flexibility index (Phi) is 4.64. The molecule has 16 heavy (non-hydrogen) atoms. The summed E-state index contributed by atoms with van der Waals surface area (Å²) in [7, 11) is 3.60. The summed E-state index contributed by atoms with van der Waals surface area (Å²) in [5, 5.41) is 0. The lowest BCUT2D eigenvalue weighted by molar-refractivity contribution is 0.181. The molecule has 0 saturated carbocycles. The summed E-state index contributed by atoms with van der Waals surface area (Å²) in [6.07, 6.45) is 1.77. The maximum absolute atomic E-state index is 5.88. The second kappa shape index (κ2) is 5.77. The number of rotatable bonds is 5. The van der Waals surface area contributed by atoms with Crippen molar-refractivity contribution in [1.82, 2.24) is 9.97 Å². The summed E-state index contributed by atoms with van der Waals surface area (Å²) in [6, 6.07) is -0.0154. The van der Waals surface area contributed by atoms with E-state index >= 15 is 0 Å². The van der Waals surface area contributed by atoms with Gasteiger partial charge in [0.05, 0.1) is 24.2 Å². The first kappa shape index (κ1) is 12.9. The highest BCUT2D eigenvalue weighted by Gasteiger charge is 2.09. The largest absolute Gasteiger partial charge is 0.383 e. The minimum Gasteiger partial charge on any atom is -0.383 e. The van der Waals surface area contributed by atoms with E-state index in [4.69, 9.17) is 10.5 Å². The number of hydrogen-bond acceptors (Lipinski definition) is 5. The molecule has 90 valence electrons. The Hall–Kier alpha value is -1.20. The van der Waals surface area contributed by atoms with Crippen LogP contribution >= 0.6 is 0 Å². The Morgan fingerprint density at radius 3 is 2.69 bits per heavy atom. The lowest BCUT2D eigenvalue weighted by atomic mass is 10.3. The first-order chi connectivity index (χ1) is 7.54. The van der Waals surface area contributed by atoms with Crippen molar-refractivity contribution in [3.8, 4) is 0 Å². The average Bonchev–Trinajstić information content (AvgIpc) is 2.22. The highest BCUT2D eigenvalue weighted by Crippen LogP contribution is 2.10. The lowest BCUT2D eigenvalue weighted by Gasteiger charge is -2.22. The summed E-state index contributed by atoms with van der Waals surface area (Å²) < 4.78 is 5.00. The molecule has 1 rings (SSSR count). The molecule has 0 aliphatic heterocycles. The van der Waals surface area contributed by atoms with Crippen molar-refractivity contribution in [2.24, 2.45) is 5.73 Å². The van der Waals surface area contributed by atoms with Gasteiger partial charge in [-0.15, -0.1) is 0 Å². The molecule has 0 spiro atoms. The lowest BCUT2D eigenvalue weighted by Crippen LogP contribution is -2.38. The number of nitrogens with two attached hydrogens (primary N) is 1. The fourth-order valence-electron chi connectivity index (χ4n) is 1.43. The van der Waals surface area contributed by atoms with Crippen LogP contribution in [0.1, 0.15) is 11.4 Å². The van der Waals surface area contributed by atoms with E-state index in [1.54, 1.807) is 13.3 Å². The van der Waals surface area contributed by atoms with E-state index in [1.165, 1.54) is 0 Å². The van der Waals surface area contributed by atoms with Crippen LogP contribution in [0.3, 0.4) is 0 Å². The van der Waals surface area contributed by atoms with Gasteiger partial charge in [-0.3, -0.25) is 4.98 Å². The van der Waals surface area contributed by atoms with Crippen LogP contribution in [0.25, 0.3) is 0 Å². The molecule has 1 unspecified atom stereocenters. The summed E-state index contributed by atoms with van der Waals surface area (Å²) in [5.41, 5.74) is 7.78. The van der Waals surface area contributed by atoms with Gasteiger partial charge in [-0.25, -0.2) is 4.98 Å². The third-order valence-electron chi connectivity index (χ3n) is 2.46. The zero-order valence-corrected chi connectivity index (χ0v) is 10.4. The Morgan fingerprint density at radius 2 is 2.12 bits per heavy atom. The summed E-state index contributed by atoms with van der Waals surface area (Å²) >= 11 is 0. The minimum absolute atomic E-state index is 0.0154. The van der Waals surface area contributed by atoms with Crippen LogP contribution in [0, 0.1) is 13.8 Å². The van der Waals surface area contributed by atoms with Gasteiger partial charge in [0.25, 0.3) is 0 Å². The fourth-order valence-corrected chi connectivity index (χ4v) is 1.43. The smallest absolute Gasteiger partial charge is 0.147 e. The molecule has 2 N–H and O–H groups in total. The zero-order valence-electron chi connectivity index (χ0n) is 10.4. The molecule has 0 saturated heterocycles. The van der Waals surface area contributed by atoms with Crippen LogP contribution < -0.4 is 10.6 Å². The van der Waals surface area contributed by atoms with Crippen LogP contribution in [-0.4, -0.2) is 43.3 Å². The number of anilines is 1. The van der Waals surface area contributed by atoms with Crippen molar-refractivity contribution in [1.29, 1.82) is 0 Å². The van der Waals surface area contributed by atoms with Crippen molar-refractivity contribution in [3.05, 3.63) is 17.6 Å². The van der Waals surface area contributed by atoms with Gasteiger partial charge >= 0.3 is 0 Å². The predicted octanol–water partition coefficient (Wildman–Crippen LogP) is 0.503. The quantitative estimate of drug-likeness (QED) is 0.789. The van der Waals surface area contributed by atoms with Crippen LogP contribution in [0.4, 0.5) is 5.82 Å². The molecule has 1 heterocycles. The molecular formula is C11H20N4O. The van der Waals surface area contributed by atoms with E-state index in [0.29, 0.717) is 13.2 Å². The molecule has 1 atom stereocenters. The van der Waals surface area contributed by atoms with Gasteiger partial charge in [0.15, 0.2) is 0 Å². The average molecular weight is 224 g/mol. The normalized spacial score (nSPS) is 12.6. The predicted molar refractivity (Wildman–Crippen MR) is 64.6 cm³/mol. The third-order valence-corrected chi connectivity index (χ3v) is 2.46. The Labute approximate surface area is 96.6 Å². The van der Waals surface area contributed by atoms with E-state index in [2.05, 4.69) is 9.97 Å². The molecule has 0 aromatic carbocycles. The van der Waals surface area contributed by atoms with Gasteiger partial charge in [0, 0.05) is 26.7 Å². The van der Waals surface area contributed by atoms with E-state index in [-0.39, 0.29) is 6.04 Å². The first-order valence-corrected chi connectivity index (χ1v) is 5.30. The Bertz CT molecular complexity index is 343. The van der Waals surface area contributed by atoms with Gasteiger partial charge in [-0.1, -0.05) is 0 Å². The second-order valence-corrected chi connectivity index (χ2v) is 3.99. The molecule has 5 nitrogen and oxygen atoms in total. The van der Waals surface area contributed by atoms with Crippen LogP contribution in [0.15, 0.2) is 6.20 Å². The number of nitrogens with zero attached hydrogens (tertiary/aromatic N) is 3. The summed E-state index contributed by atoms with van der Waals surface area (Å²) in [6.45, 7) is 5.14. The SMILES string of the molecule is COCC(N)CN(C)c1cnc(C)c(C)n1. The van der Waals surface area contributed by atoms with Gasteiger partial charge in [-0.05, 0) is 13.8 Å². The summed E-state index contributed by atoms with van der Waals surface area (Å²) in [4.78, 5) is 10.7. The van der Waals surface area contributed by atoms with Gasteiger partial charge in [0.1, 0.15) is 5.82 Å². The number of aromatic nitrogens is 2. The highest BCUT2D eigenvalue weighted by atomic mass is 16.5. The van der Waals surface area contributed by atoms with Crippen LogP contribution in [-0.2, 0) is 4.74 Å². The maximum Gasteiger partial charge on any atom is 0.147 e. The number of aryl methyl sites for hydroxylation is 2. The van der Waals surface area contributed by atoms with E-state index < -0.39 is 0 Å². The van der Waals surface area contributed by atoms with E-state index in [0.717, 1.165) is 17.2 Å². The second-order valence-electron chi connectivity index (χ2n) is 3.99. The fraction of sp³-hybridized carbons (Fsp3) is 0.636. The zero-order chi connectivity index (χ0) is 12.1. The Balaban J connectivity index is 2.65. The molecule has 0 aliphatic rings. The topological polar surface area (TPSA) is 64.3 Å². The minimum atomic E-state index is -0.0154. The van der Waals surface area contributed by atoms with Crippen molar-refractivity contribution in [2.75, 3.05) is 32.2 Å².